The van der Waals surface area contributed by atoms with Gasteiger partial charge in [0.1, 0.15) is 0 Å². The molecule has 0 saturated heterocycles. The van der Waals surface area contributed by atoms with Gasteiger partial charge < -0.3 is 5.32 Å². The first-order valence-electron chi connectivity index (χ1n) is 5.34. The molecule has 0 aromatic carbocycles. The van der Waals surface area contributed by atoms with Crippen LogP contribution in [0.25, 0.3) is 0 Å². The van der Waals surface area contributed by atoms with Crippen LogP contribution < -0.4 is 5.32 Å². The van der Waals surface area contributed by atoms with Crippen molar-refractivity contribution >= 4 is 16.7 Å². The van der Waals surface area contributed by atoms with Gasteiger partial charge >= 0.3 is 0 Å². The summed E-state index contributed by atoms with van der Waals surface area (Å²) in [4.78, 5) is 0. The minimum atomic E-state index is 0.848. The van der Waals surface area contributed by atoms with E-state index in [1.807, 2.05) is 0 Å². The molecular weight excluding hydrogens is 196 g/mol. The Morgan fingerprint density at radius 1 is 1.29 bits per heavy atom. The fraction of sp³-hybridized carbons (Fsp3) is 0.889. The Morgan fingerprint density at radius 3 is 2.86 bits per heavy atom. The summed E-state index contributed by atoms with van der Waals surface area (Å²) in [5.41, 5.74) is 0. The van der Waals surface area contributed by atoms with Gasteiger partial charge in [-0.25, -0.2) is 0 Å². The van der Waals surface area contributed by atoms with Crippen LogP contribution in [0, 0.1) is 5.92 Å². The summed E-state index contributed by atoms with van der Waals surface area (Å²) in [6, 6.07) is 0. The van der Waals surface area contributed by atoms with Crippen molar-refractivity contribution in [1.29, 1.82) is 0 Å². The first-order valence-corrected chi connectivity index (χ1v) is 6.11. The molecule has 4 nitrogen and oxygen atoms in total. The molecule has 1 fully saturated rings. The molecule has 1 aromatic rings. The number of hydrogen-bond acceptors (Lipinski definition) is 5. The van der Waals surface area contributed by atoms with Crippen LogP contribution in [-0.2, 0) is 0 Å². The van der Waals surface area contributed by atoms with Gasteiger partial charge in [0, 0.05) is 18.1 Å². The van der Waals surface area contributed by atoms with Gasteiger partial charge in [-0.3, -0.25) is 0 Å². The van der Waals surface area contributed by atoms with Crippen LogP contribution in [0.15, 0.2) is 0 Å². The predicted octanol–water partition coefficient (Wildman–Crippen LogP) is 2.32. The van der Waals surface area contributed by atoms with Gasteiger partial charge in [0.2, 0.25) is 5.13 Å². The highest BCUT2D eigenvalue weighted by Crippen LogP contribution is 2.26. The van der Waals surface area contributed by atoms with E-state index < -0.39 is 0 Å². The molecule has 78 valence electrons. The minimum Gasteiger partial charge on any atom is -0.359 e. The summed E-state index contributed by atoms with van der Waals surface area (Å²) in [5.74, 6) is 0.928. The van der Waals surface area contributed by atoms with E-state index in [2.05, 4.69) is 20.1 Å². The number of anilines is 1. The second-order valence-electron chi connectivity index (χ2n) is 3.89. The molecule has 1 aromatic heterocycles. The van der Waals surface area contributed by atoms with Gasteiger partial charge in [0.15, 0.2) is 0 Å². The van der Waals surface area contributed by atoms with E-state index in [1.165, 1.54) is 50.1 Å². The first kappa shape index (κ1) is 9.83. The van der Waals surface area contributed by atoms with Crippen molar-refractivity contribution in [2.24, 2.45) is 5.92 Å². The Balaban J connectivity index is 1.62. The van der Waals surface area contributed by atoms with Crippen LogP contribution in [0.4, 0.5) is 5.13 Å². The molecule has 14 heavy (non-hydrogen) atoms. The lowest BCUT2D eigenvalue weighted by atomic mass is 9.87. The third-order valence-corrected chi connectivity index (χ3v) is 3.41. The summed E-state index contributed by atoms with van der Waals surface area (Å²) in [6.07, 6.45) is 8.37. The molecule has 2 rings (SSSR count). The molecule has 1 N–H and O–H groups in total. The normalized spacial score (nSPS) is 18.3. The van der Waals surface area contributed by atoms with Crippen LogP contribution in [0.3, 0.4) is 0 Å². The molecule has 0 bridgehead atoms. The topological polar surface area (TPSA) is 50.7 Å². The van der Waals surface area contributed by atoms with Crippen molar-refractivity contribution < 1.29 is 0 Å². The van der Waals surface area contributed by atoms with Crippen molar-refractivity contribution in [2.45, 2.75) is 38.5 Å². The fourth-order valence-electron chi connectivity index (χ4n) is 2.06. The Bertz CT molecular complexity index is 243. The third-order valence-electron chi connectivity index (χ3n) is 2.85. The first-order chi connectivity index (χ1) is 6.95. The van der Waals surface area contributed by atoms with Gasteiger partial charge in [0.25, 0.3) is 0 Å². The Kier molecular flexibility index (Phi) is 3.68. The Morgan fingerprint density at radius 2 is 2.14 bits per heavy atom. The molecule has 1 saturated carbocycles. The van der Waals surface area contributed by atoms with Gasteiger partial charge in [-0.1, -0.05) is 41.7 Å². The quantitative estimate of drug-likeness (QED) is 0.832. The van der Waals surface area contributed by atoms with Crippen LogP contribution in [-0.4, -0.2) is 21.3 Å². The lowest BCUT2D eigenvalue weighted by Crippen LogP contribution is -2.12. The van der Waals surface area contributed by atoms with Crippen molar-refractivity contribution in [1.82, 2.24) is 14.8 Å². The maximum atomic E-state index is 3.85. The van der Waals surface area contributed by atoms with Crippen LogP contribution in [0.5, 0.6) is 0 Å². The number of rotatable bonds is 4. The summed E-state index contributed by atoms with van der Waals surface area (Å²) in [5, 5.41) is 11.5. The predicted molar refractivity (Wildman–Crippen MR) is 57.4 cm³/mol. The SMILES string of the molecule is C1CCC(CCNc2nnns2)CC1. The van der Waals surface area contributed by atoms with Crippen molar-refractivity contribution in [2.75, 3.05) is 11.9 Å². The summed E-state index contributed by atoms with van der Waals surface area (Å²) in [7, 11) is 0. The second-order valence-corrected chi connectivity index (χ2v) is 4.62. The molecule has 0 aliphatic heterocycles. The van der Waals surface area contributed by atoms with Gasteiger partial charge in [-0.2, -0.15) is 0 Å². The molecule has 0 amide bonds. The largest absolute Gasteiger partial charge is 0.359 e. The molecule has 1 heterocycles. The monoisotopic (exact) mass is 212 g/mol. The standard InChI is InChI=1S/C9H16N4S/c1-2-4-8(5-3-1)6-7-10-9-11-12-13-14-9/h8H,1-7H2,(H,10,11,13). The molecule has 0 radical (unpaired) electrons. The van der Waals surface area contributed by atoms with Crippen LogP contribution in [0.2, 0.25) is 0 Å². The highest BCUT2D eigenvalue weighted by Gasteiger charge is 2.12. The summed E-state index contributed by atoms with van der Waals surface area (Å²) in [6.45, 7) is 1.02. The number of nitrogens with zero attached hydrogens (tertiary/aromatic N) is 3. The molecule has 1 aliphatic carbocycles. The Hall–Kier alpha value is -0.710. The average Bonchev–Trinajstić information content (AvgIpc) is 2.72. The molecule has 0 atom stereocenters. The zero-order chi connectivity index (χ0) is 9.64. The van der Waals surface area contributed by atoms with E-state index in [0.29, 0.717) is 0 Å². The van der Waals surface area contributed by atoms with Crippen LogP contribution >= 0.6 is 11.5 Å². The zero-order valence-corrected chi connectivity index (χ0v) is 9.09. The zero-order valence-electron chi connectivity index (χ0n) is 8.28. The minimum absolute atomic E-state index is 0.848. The van der Waals surface area contributed by atoms with Crippen molar-refractivity contribution in [3.8, 4) is 0 Å². The summed E-state index contributed by atoms with van der Waals surface area (Å²) < 4.78 is 3.71. The average molecular weight is 212 g/mol. The van der Waals surface area contributed by atoms with Crippen molar-refractivity contribution in [3.63, 3.8) is 0 Å². The number of hydrogen-bond donors (Lipinski definition) is 1. The highest BCUT2D eigenvalue weighted by atomic mass is 32.1. The van der Waals surface area contributed by atoms with E-state index in [1.54, 1.807) is 0 Å². The molecule has 1 aliphatic rings. The lowest BCUT2D eigenvalue weighted by molar-refractivity contribution is 0.345. The highest BCUT2D eigenvalue weighted by molar-refractivity contribution is 7.09. The second kappa shape index (κ2) is 5.24. The van der Waals surface area contributed by atoms with E-state index in [-0.39, 0.29) is 0 Å². The summed E-state index contributed by atoms with van der Waals surface area (Å²) >= 11 is 1.33. The maximum absolute atomic E-state index is 3.85. The van der Waals surface area contributed by atoms with E-state index in [0.717, 1.165) is 17.6 Å². The van der Waals surface area contributed by atoms with E-state index in [9.17, 15) is 0 Å². The van der Waals surface area contributed by atoms with E-state index in [4.69, 9.17) is 0 Å². The fourth-order valence-corrected chi connectivity index (χ4v) is 2.45. The molecule has 0 unspecified atom stereocenters. The van der Waals surface area contributed by atoms with Gasteiger partial charge in [0.05, 0.1) is 0 Å². The van der Waals surface area contributed by atoms with Crippen molar-refractivity contribution in [3.05, 3.63) is 0 Å². The smallest absolute Gasteiger partial charge is 0.225 e. The van der Waals surface area contributed by atoms with E-state index >= 15 is 0 Å². The number of nitrogens with one attached hydrogen (secondary N) is 1. The molecule has 5 heteroatoms. The van der Waals surface area contributed by atoms with Gasteiger partial charge in [-0.15, -0.1) is 0 Å². The lowest BCUT2D eigenvalue weighted by Gasteiger charge is -2.21. The number of aromatic nitrogens is 3. The maximum Gasteiger partial charge on any atom is 0.225 e. The Labute approximate surface area is 88.3 Å². The van der Waals surface area contributed by atoms with Crippen LogP contribution in [0.1, 0.15) is 38.5 Å². The molecule has 0 spiro atoms. The molecular formula is C9H16N4S. The van der Waals surface area contributed by atoms with Gasteiger partial charge in [-0.05, 0) is 17.6 Å². The third kappa shape index (κ3) is 2.90.